The zero-order valence-corrected chi connectivity index (χ0v) is 13.2. The highest BCUT2D eigenvalue weighted by Crippen LogP contribution is 2.28. The number of aromatic nitrogens is 2. The summed E-state index contributed by atoms with van der Waals surface area (Å²) < 4.78 is 13.3. The molecule has 1 aromatic heterocycles. The van der Waals surface area contributed by atoms with Gasteiger partial charge in [0, 0.05) is 39.0 Å². The lowest BCUT2D eigenvalue weighted by Crippen LogP contribution is -2.32. The molecule has 0 saturated carbocycles. The first kappa shape index (κ1) is 15.1. The van der Waals surface area contributed by atoms with E-state index in [0.717, 1.165) is 37.6 Å². The van der Waals surface area contributed by atoms with Crippen molar-refractivity contribution < 1.29 is 9.47 Å². The standard InChI is InChI=1S/C17H23N3O2/c1-19(13-17-18-7-8-20(17)9-10-21-2)12-15-11-14-5-3-4-6-16(14)22-15/h3-8,15H,9-13H2,1-2H3/t15-/m0/s1. The maximum atomic E-state index is 6.00. The SMILES string of the molecule is COCCn1ccnc1CN(C)C[C@@H]1Cc2ccccc2O1. The second-order valence-corrected chi connectivity index (χ2v) is 5.78. The van der Waals surface area contributed by atoms with Crippen molar-refractivity contribution in [2.45, 2.75) is 25.6 Å². The summed E-state index contributed by atoms with van der Waals surface area (Å²) in [5.41, 5.74) is 1.31. The molecule has 0 saturated heterocycles. The van der Waals surface area contributed by atoms with E-state index >= 15 is 0 Å². The predicted molar refractivity (Wildman–Crippen MR) is 85.0 cm³/mol. The van der Waals surface area contributed by atoms with Gasteiger partial charge < -0.3 is 14.0 Å². The van der Waals surface area contributed by atoms with E-state index < -0.39 is 0 Å². The largest absolute Gasteiger partial charge is 0.488 e. The predicted octanol–water partition coefficient (Wildman–Crippen LogP) is 1.96. The van der Waals surface area contributed by atoms with Gasteiger partial charge in [0.15, 0.2) is 0 Å². The third-order valence-electron chi connectivity index (χ3n) is 3.98. The molecule has 1 aliphatic heterocycles. The molecule has 3 rings (SSSR count). The summed E-state index contributed by atoms with van der Waals surface area (Å²) in [7, 11) is 3.83. The number of ether oxygens (including phenoxy) is 2. The van der Waals surface area contributed by atoms with Gasteiger partial charge >= 0.3 is 0 Å². The molecule has 1 atom stereocenters. The number of hydrogen-bond acceptors (Lipinski definition) is 4. The maximum absolute atomic E-state index is 6.00. The molecule has 1 aromatic carbocycles. The summed E-state index contributed by atoms with van der Waals surface area (Å²) >= 11 is 0. The lowest BCUT2D eigenvalue weighted by molar-refractivity contribution is 0.159. The molecule has 5 nitrogen and oxygen atoms in total. The van der Waals surface area contributed by atoms with Crippen molar-refractivity contribution in [1.82, 2.24) is 14.5 Å². The Hall–Kier alpha value is -1.85. The molecular weight excluding hydrogens is 278 g/mol. The Kier molecular flexibility index (Phi) is 4.75. The Bertz CT molecular complexity index is 586. The van der Waals surface area contributed by atoms with Crippen molar-refractivity contribution in [2.24, 2.45) is 0 Å². The molecular formula is C17H23N3O2. The lowest BCUT2D eigenvalue weighted by Gasteiger charge is -2.21. The summed E-state index contributed by atoms with van der Waals surface area (Å²) in [5.74, 6) is 2.09. The second kappa shape index (κ2) is 6.94. The monoisotopic (exact) mass is 301 g/mol. The van der Waals surface area contributed by atoms with Gasteiger partial charge in [0.1, 0.15) is 17.7 Å². The highest BCUT2D eigenvalue weighted by Gasteiger charge is 2.23. The number of hydrogen-bond donors (Lipinski definition) is 0. The second-order valence-electron chi connectivity index (χ2n) is 5.78. The van der Waals surface area contributed by atoms with Crippen LogP contribution in [0.2, 0.25) is 0 Å². The van der Waals surface area contributed by atoms with Gasteiger partial charge in [-0.3, -0.25) is 4.90 Å². The first-order valence-electron chi connectivity index (χ1n) is 7.68. The summed E-state index contributed by atoms with van der Waals surface area (Å²) in [6.45, 7) is 3.25. The van der Waals surface area contributed by atoms with Crippen LogP contribution in [0.15, 0.2) is 36.7 Å². The minimum atomic E-state index is 0.227. The van der Waals surface area contributed by atoms with Gasteiger partial charge in [0.05, 0.1) is 13.2 Å². The Morgan fingerprint density at radius 2 is 2.27 bits per heavy atom. The Balaban J connectivity index is 1.53. The maximum Gasteiger partial charge on any atom is 0.123 e. The van der Waals surface area contributed by atoms with Gasteiger partial charge in [0.25, 0.3) is 0 Å². The van der Waals surface area contributed by atoms with Gasteiger partial charge in [0.2, 0.25) is 0 Å². The molecule has 0 aliphatic carbocycles. The zero-order chi connectivity index (χ0) is 15.4. The number of imidazole rings is 1. The molecule has 2 aromatic rings. The molecule has 0 unspecified atom stereocenters. The van der Waals surface area contributed by atoms with Crippen LogP contribution in [0.25, 0.3) is 0 Å². The highest BCUT2D eigenvalue weighted by molar-refractivity contribution is 5.37. The highest BCUT2D eigenvalue weighted by atomic mass is 16.5. The third kappa shape index (κ3) is 3.48. The fourth-order valence-corrected chi connectivity index (χ4v) is 2.89. The number of methoxy groups -OCH3 is 1. The van der Waals surface area contributed by atoms with Crippen molar-refractivity contribution in [3.63, 3.8) is 0 Å². The van der Waals surface area contributed by atoms with Crippen LogP contribution in [0.3, 0.4) is 0 Å². The molecule has 0 amide bonds. The normalized spacial score (nSPS) is 16.8. The molecule has 5 heteroatoms. The van der Waals surface area contributed by atoms with Crippen LogP contribution in [0.5, 0.6) is 5.75 Å². The van der Waals surface area contributed by atoms with Crippen molar-refractivity contribution >= 4 is 0 Å². The average Bonchev–Trinajstić information content (AvgIpc) is 3.10. The van der Waals surface area contributed by atoms with Gasteiger partial charge in [-0.15, -0.1) is 0 Å². The average molecular weight is 301 g/mol. The molecule has 0 radical (unpaired) electrons. The van der Waals surface area contributed by atoms with Gasteiger partial charge in [-0.1, -0.05) is 18.2 Å². The number of para-hydroxylation sites is 1. The molecule has 0 bridgehead atoms. The number of fused-ring (bicyclic) bond motifs is 1. The van der Waals surface area contributed by atoms with Crippen LogP contribution < -0.4 is 4.74 Å². The lowest BCUT2D eigenvalue weighted by atomic mass is 10.1. The molecule has 0 fully saturated rings. The van der Waals surface area contributed by atoms with Crippen molar-refractivity contribution in [3.05, 3.63) is 48.0 Å². The Morgan fingerprint density at radius 1 is 1.41 bits per heavy atom. The van der Waals surface area contributed by atoms with Crippen LogP contribution >= 0.6 is 0 Å². The van der Waals surface area contributed by atoms with E-state index in [-0.39, 0.29) is 6.10 Å². The first-order chi connectivity index (χ1) is 10.8. The Labute approximate surface area is 131 Å². The fraction of sp³-hybridized carbons (Fsp3) is 0.471. The van der Waals surface area contributed by atoms with E-state index in [1.807, 2.05) is 24.5 Å². The minimum absolute atomic E-state index is 0.227. The minimum Gasteiger partial charge on any atom is -0.488 e. The Morgan fingerprint density at radius 3 is 3.09 bits per heavy atom. The summed E-state index contributed by atoms with van der Waals surface area (Å²) in [6, 6.07) is 8.29. The van der Waals surface area contributed by atoms with E-state index in [1.54, 1.807) is 7.11 Å². The number of likely N-dealkylation sites (N-methyl/N-ethyl adjacent to an activating group) is 1. The van der Waals surface area contributed by atoms with Crippen molar-refractivity contribution in [1.29, 1.82) is 0 Å². The van der Waals surface area contributed by atoms with Crippen LogP contribution in [-0.4, -0.2) is 47.9 Å². The van der Waals surface area contributed by atoms with Crippen molar-refractivity contribution in [2.75, 3.05) is 27.3 Å². The van der Waals surface area contributed by atoms with Gasteiger partial charge in [-0.25, -0.2) is 4.98 Å². The smallest absolute Gasteiger partial charge is 0.123 e. The number of rotatable bonds is 7. The topological polar surface area (TPSA) is 39.5 Å². The third-order valence-corrected chi connectivity index (χ3v) is 3.98. The van der Waals surface area contributed by atoms with E-state index in [4.69, 9.17) is 9.47 Å². The molecule has 0 N–H and O–H groups in total. The zero-order valence-electron chi connectivity index (χ0n) is 13.2. The molecule has 22 heavy (non-hydrogen) atoms. The van der Waals surface area contributed by atoms with E-state index in [2.05, 4.69) is 33.6 Å². The fourth-order valence-electron chi connectivity index (χ4n) is 2.89. The summed E-state index contributed by atoms with van der Waals surface area (Å²) in [5, 5.41) is 0. The van der Waals surface area contributed by atoms with Crippen LogP contribution in [-0.2, 0) is 24.2 Å². The first-order valence-corrected chi connectivity index (χ1v) is 7.68. The van der Waals surface area contributed by atoms with Crippen LogP contribution in [0.1, 0.15) is 11.4 Å². The van der Waals surface area contributed by atoms with E-state index in [1.165, 1.54) is 5.56 Å². The van der Waals surface area contributed by atoms with Crippen molar-refractivity contribution in [3.8, 4) is 5.75 Å². The van der Waals surface area contributed by atoms with Gasteiger partial charge in [-0.2, -0.15) is 0 Å². The quantitative estimate of drug-likeness (QED) is 0.784. The summed E-state index contributed by atoms with van der Waals surface area (Å²) in [4.78, 5) is 6.71. The summed E-state index contributed by atoms with van der Waals surface area (Å²) in [6.07, 6.45) is 5.06. The van der Waals surface area contributed by atoms with Crippen LogP contribution in [0.4, 0.5) is 0 Å². The number of nitrogens with zero attached hydrogens (tertiary/aromatic N) is 3. The van der Waals surface area contributed by atoms with Gasteiger partial charge in [-0.05, 0) is 18.7 Å². The van der Waals surface area contributed by atoms with Crippen LogP contribution in [0, 0.1) is 0 Å². The molecule has 2 heterocycles. The molecule has 1 aliphatic rings. The van der Waals surface area contributed by atoms with E-state index in [0.29, 0.717) is 6.61 Å². The molecule has 0 spiro atoms. The molecule has 118 valence electrons. The van der Waals surface area contributed by atoms with E-state index in [9.17, 15) is 0 Å². The number of benzene rings is 1.